The van der Waals surface area contributed by atoms with Crippen molar-refractivity contribution in [1.82, 2.24) is 0 Å². The normalized spacial score (nSPS) is 18.2. The molecule has 0 bridgehead atoms. The van der Waals surface area contributed by atoms with E-state index in [-0.39, 0.29) is 12.4 Å². The number of hydrogen-bond acceptors (Lipinski definition) is 4. The summed E-state index contributed by atoms with van der Waals surface area (Å²) < 4.78 is 4.45. The Morgan fingerprint density at radius 3 is 3.00 bits per heavy atom. The Morgan fingerprint density at radius 1 is 2.00 bits per heavy atom. The minimum atomic E-state index is -0.566. The predicted octanol–water partition coefficient (Wildman–Crippen LogP) is -0.189. The van der Waals surface area contributed by atoms with E-state index in [2.05, 4.69) is 9.73 Å². The van der Waals surface area contributed by atoms with Crippen molar-refractivity contribution in [2.45, 2.75) is 0 Å². The van der Waals surface area contributed by atoms with Crippen LogP contribution in [-0.4, -0.2) is 17.4 Å². The number of nitro groups is 1. The average molecular weight is 115 g/mol. The van der Waals surface area contributed by atoms with Crippen LogP contribution in [0, 0.1) is 16.8 Å². The molecule has 43 valence electrons. The number of nitrogens with zero attached hydrogens (tertiary/aromatic N) is 2. The second kappa shape index (κ2) is 1.87. The lowest BCUT2D eigenvalue weighted by atomic mass is 10.7. The van der Waals surface area contributed by atoms with E-state index in [0.29, 0.717) is 0 Å². The van der Waals surface area contributed by atoms with E-state index in [4.69, 9.17) is 0 Å². The molecule has 0 aromatic heterocycles. The molecule has 1 rings (SSSR count). The molecule has 5 heteroatoms. The van der Waals surface area contributed by atoms with Crippen molar-refractivity contribution in [2.24, 2.45) is 4.99 Å². The first kappa shape index (κ1) is 5.17. The van der Waals surface area contributed by atoms with Crippen molar-refractivity contribution < 1.29 is 9.66 Å². The zero-order chi connectivity index (χ0) is 5.98. The van der Waals surface area contributed by atoms with Crippen LogP contribution in [-0.2, 0) is 4.74 Å². The number of hydrogen-bond donors (Lipinski definition) is 0. The van der Waals surface area contributed by atoms with Gasteiger partial charge in [0.2, 0.25) is 0 Å². The van der Waals surface area contributed by atoms with Crippen LogP contribution in [0.4, 0.5) is 0 Å². The van der Waals surface area contributed by atoms with Crippen LogP contribution >= 0.6 is 0 Å². The van der Waals surface area contributed by atoms with E-state index >= 15 is 0 Å². The van der Waals surface area contributed by atoms with Crippen molar-refractivity contribution in [2.75, 3.05) is 6.61 Å². The maximum Gasteiger partial charge on any atom is 0.362 e. The molecule has 0 fully saturated rings. The summed E-state index contributed by atoms with van der Waals surface area (Å²) in [5.74, 6) is -0.134. The Bertz CT molecular complexity index is 141. The van der Waals surface area contributed by atoms with Crippen LogP contribution < -0.4 is 0 Å². The number of amidine groups is 1. The fourth-order valence-electron chi connectivity index (χ4n) is 0.347. The van der Waals surface area contributed by atoms with E-state index in [0.717, 1.165) is 6.73 Å². The Balaban J connectivity index is 2.57. The molecule has 0 aromatic rings. The zero-order valence-corrected chi connectivity index (χ0v) is 3.90. The molecule has 0 saturated carbocycles. The highest BCUT2D eigenvalue weighted by Gasteiger charge is 2.18. The summed E-state index contributed by atoms with van der Waals surface area (Å²) in [6.45, 7) is 1.06. The van der Waals surface area contributed by atoms with E-state index < -0.39 is 4.92 Å². The van der Waals surface area contributed by atoms with E-state index in [9.17, 15) is 10.1 Å². The molecular formula is C3H3N2O3. The van der Waals surface area contributed by atoms with Gasteiger partial charge in [-0.2, -0.15) is 0 Å². The van der Waals surface area contributed by atoms with Gasteiger partial charge in [0.05, 0.1) is 0 Å². The summed E-state index contributed by atoms with van der Waals surface area (Å²) in [6.07, 6.45) is 0. The highest BCUT2D eigenvalue weighted by molar-refractivity contribution is 5.76. The summed E-state index contributed by atoms with van der Waals surface area (Å²) >= 11 is 0. The van der Waals surface area contributed by atoms with E-state index in [1.807, 2.05) is 0 Å². The molecule has 1 heterocycles. The second-order valence-electron chi connectivity index (χ2n) is 1.22. The molecule has 0 N–H and O–H groups in total. The van der Waals surface area contributed by atoms with Gasteiger partial charge in [0, 0.05) is 0 Å². The van der Waals surface area contributed by atoms with Gasteiger partial charge < -0.3 is 14.9 Å². The lowest BCUT2D eigenvalue weighted by Gasteiger charge is -1.86. The summed E-state index contributed by atoms with van der Waals surface area (Å²) in [7, 11) is 0. The monoisotopic (exact) mass is 115 g/mol. The molecule has 1 aliphatic heterocycles. The van der Waals surface area contributed by atoms with Crippen LogP contribution in [0.15, 0.2) is 4.99 Å². The van der Waals surface area contributed by atoms with Gasteiger partial charge in [-0.3, -0.25) is 0 Å². The lowest BCUT2D eigenvalue weighted by molar-refractivity contribution is -0.352. The number of rotatable bonds is 0. The second-order valence-corrected chi connectivity index (χ2v) is 1.22. The highest BCUT2D eigenvalue weighted by Crippen LogP contribution is 1.97. The average Bonchev–Trinajstić information content (AvgIpc) is 2.12. The molecule has 0 atom stereocenters. The fourth-order valence-corrected chi connectivity index (χ4v) is 0.347. The van der Waals surface area contributed by atoms with Gasteiger partial charge in [0.1, 0.15) is 0 Å². The fraction of sp³-hybridized carbons (Fsp3) is 0.333. The molecule has 1 aliphatic rings. The van der Waals surface area contributed by atoms with Crippen molar-refractivity contribution in [3.05, 3.63) is 16.8 Å². The molecule has 8 heavy (non-hydrogen) atoms. The smallest absolute Gasteiger partial charge is 0.358 e. The first-order valence-corrected chi connectivity index (χ1v) is 1.95. The van der Waals surface area contributed by atoms with Gasteiger partial charge in [-0.15, -0.1) is 0 Å². The van der Waals surface area contributed by atoms with Crippen molar-refractivity contribution in [3.8, 4) is 0 Å². The molecule has 5 nitrogen and oxygen atoms in total. The summed E-state index contributed by atoms with van der Waals surface area (Å²) in [4.78, 5) is 12.5. The van der Waals surface area contributed by atoms with Gasteiger partial charge in [0.15, 0.2) is 6.61 Å². The predicted molar refractivity (Wildman–Crippen MR) is 24.7 cm³/mol. The summed E-state index contributed by atoms with van der Waals surface area (Å²) in [6, 6.07) is 0. The summed E-state index contributed by atoms with van der Waals surface area (Å²) in [5, 5.41) is 9.78. The van der Waals surface area contributed by atoms with Crippen LogP contribution in [0.1, 0.15) is 0 Å². The molecule has 0 aliphatic carbocycles. The minimum absolute atomic E-state index is 0.00694. The minimum Gasteiger partial charge on any atom is -0.358 e. The van der Waals surface area contributed by atoms with Crippen molar-refractivity contribution in [1.29, 1.82) is 0 Å². The molecule has 1 radical (unpaired) electrons. The highest BCUT2D eigenvalue weighted by atomic mass is 16.6. The Kier molecular flexibility index (Phi) is 1.21. The Hall–Kier alpha value is -0.970. The molecular weight excluding hydrogens is 112 g/mol. The topological polar surface area (TPSA) is 64.7 Å². The van der Waals surface area contributed by atoms with Crippen LogP contribution in [0.3, 0.4) is 0 Å². The van der Waals surface area contributed by atoms with Crippen molar-refractivity contribution in [3.63, 3.8) is 0 Å². The third-order valence-electron chi connectivity index (χ3n) is 0.699. The van der Waals surface area contributed by atoms with E-state index in [1.54, 1.807) is 0 Å². The molecule has 0 aromatic carbocycles. The number of ether oxygens (including phenoxy) is 1. The quantitative estimate of drug-likeness (QED) is 0.324. The van der Waals surface area contributed by atoms with Gasteiger partial charge >= 0.3 is 12.6 Å². The Labute approximate surface area is 45.1 Å². The first-order chi connectivity index (χ1) is 3.80. The first-order valence-electron chi connectivity index (χ1n) is 1.95. The lowest BCUT2D eigenvalue weighted by Crippen LogP contribution is -2.12. The molecule has 0 unspecified atom stereocenters. The molecule has 0 saturated heterocycles. The van der Waals surface area contributed by atoms with Gasteiger partial charge in [0.25, 0.3) is 0 Å². The maximum absolute atomic E-state index is 9.78. The van der Waals surface area contributed by atoms with Crippen molar-refractivity contribution >= 4 is 5.84 Å². The third kappa shape index (κ3) is 0.812. The molecule has 0 spiro atoms. The number of aliphatic imine (C=N–C) groups is 1. The van der Waals surface area contributed by atoms with Crippen LogP contribution in [0.2, 0.25) is 0 Å². The summed E-state index contributed by atoms with van der Waals surface area (Å²) in [5.41, 5.74) is 0. The SMILES string of the molecule is O=[N+]([O-])C1=N[CH]OC1. The van der Waals surface area contributed by atoms with Gasteiger partial charge in [-0.05, 0) is 9.92 Å². The maximum atomic E-state index is 9.78. The largest absolute Gasteiger partial charge is 0.362 e. The van der Waals surface area contributed by atoms with Gasteiger partial charge in [-0.1, -0.05) is 0 Å². The van der Waals surface area contributed by atoms with Gasteiger partial charge in [-0.25, -0.2) is 0 Å². The zero-order valence-electron chi connectivity index (χ0n) is 3.90. The van der Waals surface area contributed by atoms with Crippen LogP contribution in [0.25, 0.3) is 0 Å². The van der Waals surface area contributed by atoms with Crippen LogP contribution in [0.5, 0.6) is 0 Å². The standard InChI is InChI=1S/C3H3N2O3/c6-5(7)3-1-8-2-4-3/h2H,1H2. The Morgan fingerprint density at radius 2 is 2.75 bits per heavy atom. The van der Waals surface area contributed by atoms with E-state index in [1.165, 1.54) is 0 Å². The third-order valence-corrected chi connectivity index (χ3v) is 0.699. The molecule has 0 amide bonds.